The van der Waals surface area contributed by atoms with Crippen LogP contribution in [0.1, 0.15) is 125 Å². The molecule has 1 unspecified atom stereocenters. The molecule has 4 aromatic rings. The molecule has 0 aliphatic carbocycles. The molecule has 7 N–H and O–H groups in total. The number of nitrogens with one attached hydrogen (secondary N) is 4. The Hall–Kier alpha value is -6.70. The molecule has 4 bridgehead atoms. The topological polar surface area (TPSA) is 214 Å². The van der Waals surface area contributed by atoms with Crippen LogP contribution in [0, 0.1) is 11.8 Å². The lowest BCUT2D eigenvalue weighted by Gasteiger charge is -2.32. The fraction of sp³-hybridized carbons (Fsp3) is 0.444. The maximum absolute atomic E-state index is 14.5. The van der Waals surface area contributed by atoms with Gasteiger partial charge < -0.3 is 41.5 Å². The summed E-state index contributed by atoms with van der Waals surface area (Å²) in [5.41, 5.74) is 4.67. The number of carboxylic acid groups (broad SMARTS) is 1. The summed E-state index contributed by atoms with van der Waals surface area (Å²) in [6.45, 7) is 10.3. The number of carbonyl (C=O) groups excluding carboxylic acids is 5. The minimum Gasteiger partial charge on any atom is -0.507 e. The van der Waals surface area contributed by atoms with E-state index < -0.39 is 53.8 Å². The molecular formula is C54H69N5O9. The number of phenolic OH excluding ortho intramolecular Hbond substituents is 2. The normalized spacial score (nSPS) is 17.0. The number of likely N-dealkylation sites (N-methyl/N-ethyl adjacent to an activating group) is 1. The molecule has 0 spiro atoms. The molecule has 0 fully saturated rings. The first kappa shape index (κ1) is 52.3. The van der Waals surface area contributed by atoms with Crippen molar-refractivity contribution in [1.82, 2.24) is 26.2 Å². The van der Waals surface area contributed by atoms with Crippen molar-refractivity contribution in [2.24, 2.45) is 11.8 Å². The Labute approximate surface area is 400 Å². The molecule has 0 aromatic heterocycles. The summed E-state index contributed by atoms with van der Waals surface area (Å²) < 4.78 is 0. The van der Waals surface area contributed by atoms with E-state index in [1.807, 2.05) is 19.1 Å². The predicted molar refractivity (Wildman–Crippen MR) is 263 cm³/mol. The third-order valence-corrected chi connectivity index (χ3v) is 12.7. The Balaban J connectivity index is 1.25. The second-order valence-corrected chi connectivity index (χ2v) is 18.7. The summed E-state index contributed by atoms with van der Waals surface area (Å²) in [7, 11) is 1.39. The lowest BCUT2D eigenvalue weighted by molar-refractivity contribution is -0.144. The van der Waals surface area contributed by atoms with Gasteiger partial charge in [-0.25, -0.2) is 4.79 Å². The second-order valence-electron chi connectivity index (χ2n) is 18.7. The van der Waals surface area contributed by atoms with Crippen molar-refractivity contribution in [1.29, 1.82) is 0 Å². The zero-order valence-corrected chi connectivity index (χ0v) is 40.3. The number of amides is 5. The number of carbonyl (C=O) groups is 6. The Bertz CT molecular complexity index is 2380. The van der Waals surface area contributed by atoms with Crippen LogP contribution in [0.15, 0.2) is 84.9 Å². The molecule has 0 saturated carbocycles. The Morgan fingerprint density at radius 1 is 0.765 bits per heavy atom. The summed E-state index contributed by atoms with van der Waals surface area (Å²) >= 11 is 0. The molecule has 4 aromatic carbocycles. The molecule has 14 nitrogen and oxygen atoms in total. The van der Waals surface area contributed by atoms with Crippen LogP contribution >= 0.6 is 0 Å². The van der Waals surface area contributed by atoms with E-state index in [9.17, 15) is 44.1 Å². The highest BCUT2D eigenvalue weighted by molar-refractivity contribution is 5.97. The van der Waals surface area contributed by atoms with E-state index in [4.69, 9.17) is 0 Å². The first-order valence-corrected chi connectivity index (χ1v) is 24.0. The van der Waals surface area contributed by atoms with Gasteiger partial charge in [0.05, 0.1) is 0 Å². The number of benzene rings is 4. The number of phenols is 2. The minimum atomic E-state index is -1.42. The fourth-order valence-corrected chi connectivity index (χ4v) is 8.50. The molecule has 5 amide bonds. The summed E-state index contributed by atoms with van der Waals surface area (Å²) in [4.78, 5) is 81.9. The molecule has 14 heteroatoms. The zero-order valence-electron chi connectivity index (χ0n) is 40.3. The highest BCUT2D eigenvalue weighted by atomic mass is 16.4. The summed E-state index contributed by atoms with van der Waals surface area (Å²) in [5, 5.41) is 42.5. The number of nitrogens with zero attached hydrogens (tertiary/aromatic N) is 1. The molecule has 1 heterocycles. The molecule has 1 aliphatic rings. The van der Waals surface area contributed by atoms with Crippen LogP contribution in [-0.2, 0) is 36.8 Å². The lowest BCUT2D eigenvalue weighted by atomic mass is 9.93. The second kappa shape index (κ2) is 24.9. The number of aromatic hydroxyl groups is 2. The Morgan fingerprint density at radius 2 is 1.41 bits per heavy atom. The van der Waals surface area contributed by atoms with Gasteiger partial charge in [-0.1, -0.05) is 115 Å². The number of aryl methyl sites for hydroxylation is 1. The van der Waals surface area contributed by atoms with E-state index in [-0.39, 0.29) is 59.9 Å². The van der Waals surface area contributed by atoms with Crippen LogP contribution in [0.3, 0.4) is 0 Å². The Morgan fingerprint density at radius 3 is 2.06 bits per heavy atom. The van der Waals surface area contributed by atoms with Crippen molar-refractivity contribution >= 4 is 35.5 Å². The van der Waals surface area contributed by atoms with Crippen molar-refractivity contribution in [2.75, 3.05) is 13.6 Å². The predicted octanol–water partition coefficient (Wildman–Crippen LogP) is 7.84. The average molecular weight is 932 g/mol. The van der Waals surface area contributed by atoms with Gasteiger partial charge in [0, 0.05) is 43.1 Å². The molecule has 5 rings (SSSR count). The zero-order chi connectivity index (χ0) is 49.5. The molecule has 68 heavy (non-hydrogen) atoms. The fourth-order valence-electron chi connectivity index (χ4n) is 8.50. The van der Waals surface area contributed by atoms with Gasteiger partial charge >= 0.3 is 5.97 Å². The number of unbranched alkanes of at least 4 members (excludes halogenated alkanes) is 2. The number of aliphatic carboxylic acids is 1. The molecule has 5 atom stereocenters. The van der Waals surface area contributed by atoms with Crippen LogP contribution in [-0.4, -0.2) is 87.4 Å². The summed E-state index contributed by atoms with van der Waals surface area (Å²) in [6.07, 6.45) is 8.13. The van der Waals surface area contributed by atoms with Gasteiger partial charge in [0.1, 0.15) is 35.7 Å². The average Bonchev–Trinajstić information content (AvgIpc) is 3.31. The number of rotatable bonds is 20. The maximum Gasteiger partial charge on any atom is 0.326 e. The van der Waals surface area contributed by atoms with Crippen molar-refractivity contribution < 1.29 is 44.1 Å². The maximum atomic E-state index is 14.5. The number of hydrogen-bond acceptors (Lipinski definition) is 8. The van der Waals surface area contributed by atoms with Gasteiger partial charge in [-0.05, 0) is 102 Å². The van der Waals surface area contributed by atoms with E-state index >= 15 is 0 Å². The van der Waals surface area contributed by atoms with Crippen molar-refractivity contribution in [2.45, 2.75) is 129 Å². The lowest BCUT2D eigenvalue weighted by Crippen LogP contribution is -2.54. The minimum absolute atomic E-state index is 0.00597. The number of fused-ring (bicyclic) bond motifs is 5. The van der Waals surface area contributed by atoms with E-state index in [2.05, 4.69) is 66.3 Å². The third kappa shape index (κ3) is 14.6. The third-order valence-electron chi connectivity index (χ3n) is 12.7. The van der Waals surface area contributed by atoms with E-state index in [1.165, 1.54) is 75.2 Å². The van der Waals surface area contributed by atoms with E-state index in [0.717, 1.165) is 47.6 Å². The molecule has 0 radical (unpaired) electrons. The molecule has 1 aliphatic heterocycles. The first-order chi connectivity index (χ1) is 32.4. The van der Waals surface area contributed by atoms with Crippen LogP contribution < -0.4 is 21.3 Å². The van der Waals surface area contributed by atoms with Crippen LogP contribution in [0.2, 0.25) is 0 Å². The van der Waals surface area contributed by atoms with Gasteiger partial charge in [0.25, 0.3) is 5.91 Å². The Kier molecular flexibility index (Phi) is 19.1. The molecule has 364 valence electrons. The van der Waals surface area contributed by atoms with Gasteiger partial charge in [0.2, 0.25) is 23.6 Å². The highest BCUT2D eigenvalue weighted by Gasteiger charge is 2.36. The quantitative estimate of drug-likeness (QED) is 0.0430. The summed E-state index contributed by atoms with van der Waals surface area (Å²) in [5.74, 6) is -3.42. The largest absolute Gasteiger partial charge is 0.507 e. The summed E-state index contributed by atoms with van der Waals surface area (Å²) in [6, 6.07) is 19.3. The standard InChI is InChI=1S/C54H69N5O9/c1-7-8-9-13-44(57-48(62)28-29-55-51(64)40-23-21-39(22-24-40)38-19-16-36(17-20-38)15-14-34(4)12-10-11-33(2)3)53(66)59(6)49-41-25-27-47(61)43(32-41)42-30-37(18-26-46(42)60)31-45(54(67)68)58-50(63)35(5)56-52(49)65/h16-27,30,32-35,44-45,49,60-61H,7-15,28-29,31H2,1-6H3,(H,55,64)(H,56,65)(H,57,62)(H,58,63)(H,67,68)/t34?,35-,44-,45-,49-/m0/s1. The highest BCUT2D eigenvalue weighted by Crippen LogP contribution is 2.39. The van der Waals surface area contributed by atoms with E-state index in [1.54, 1.807) is 12.1 Å². The van der Waals surface area contributed by atoms with Crippen LogP contribution in [0.4, 0.5) is 0 Å². The monoisotopic (exact) mass is 932 g/mol. The van der Waals surface area contributed by atoms with E-state index in [0.29, 0.717) is 23.5 Å². The number of hydrogen-bond donors (Lipinski definition) is 7. The van der Waals surface area contributed by atoms with Gasteiger partial charge in [0.15, 0.2) is 0 Å². The van der Waals surface area contributed by atoms with Gasteiger partial charge in [-0.2, -0.15) is 0 Å². The van der Waals surface area contributed by atoms with Gasteiger partial charge in [-0.3, -0.25) is 24.0 Å². The van der Waals surface area contributed by atoms with Crippen molar-refractivity contribution in [3.8, 4) is 33.8 Å². The number of carboxylic acids is 1. The van der Waals surface area contributed by atoms with Gasteiger partial charge in [-0.15, -0.1) is 0 Å². The van der Waals surface area contributed by atoms with Crippen LogP contribution in [0.25, 0.3) is 22.3 Å². The molecule has 0 saturated heterocycles. The SMILES string of the molecule is CCCCC[C@H](NC(=O)CCNC(=O)c1ccc(-c2ccc(CCC(C)CCCC(C)C)cc2)cc1)C(=O)N(C)[C@@H]1C(=O)N[C@@H](C)C(=O)N[C@H](C(=O)O)Cc2ccc(O)c(c2)-c2cc1ccc2O. The first-order valence-electron chi connectivity index (χ1n) is 24.0. The van der Waals surface area contributed by atoms with Crippen LogP contribution in [0.5, 0.6) is 11.5 Å². The van der Waals surface area contributed by atoms with Crippen molar-refractivity contribution in [3.63, 3.8) is 0 Å². The van der Waals surface area contributed by atoms with Crippen molar-refractivity contribution in [3.05, 3.63) is 107 Å². The smallest absolute Gasteiger partial charge is 0.326 e. The molecular weight excluding hydrogens is 863 g/mol.